The van der Waals surface area contributed by atoms with Crippen molar-refractivity contribution in [3.05, 3.63) is 0 Å². The van der Waals surface area contributed by atoms with Crippen LogP contribution in [0.15, 0.2) is 0 Å². The smallest absolute Gasteiger partial charge is 0.162 e. The first kappa shape index (κ1) is 12.6. The van der Waals surface area contributed by atoms with Crippen molar-refractivity contribution in [2.24, 2.45) is 5.92 Å². The van der Waals surface area contributed by atoms with Crippen LogP contribution in [-0.2, 0) is 14.6 Å². The van der Waals surface area contributed by atoms with Gasteiger partial charge < -0.3 is 0 Å². The zero-order valence-electron chi connectivity index (χ0n) is 8.84. The molecule has 0 aliphatic heterocycles. The van der Waals surface area contributed by atoms with Crippen molar-refractivity contribution in [2.75, 3.05) is 13.2 Å². The summed E-state index contributed by atoms with van der Waals surface area (Å²) in [6.07, 6.45) is 2.61. The number of hydrogen-bond donors (Lipinski definition) is 0. The minimum Gasteiger partial charge on any atom is -0.297 e. The van der Waals surface area contributed by atoms with Crippen molar-refractivity contribution < 1.29 is 14.6 Å². The maximum atomic E-state index is 11.1. The van der Waals surface area contributed by atoms with Gasteiger partial charge in [-0.3, -0.25) is 4.79 Å². The molecule has 0 aromatic heterocycles. The molecular formula is C10H20O3. The first-order valence-corrected chi connectivity index (χ1v) is 4.93. The molecule has 0 saturated heterocycles. The van der Waals surface area contributed by atoms with Gasteiger partial charge in [0, 0.05) is 6.42 Å². The number of carbonyl (C=O) groups is 1. The SMILES string of the molecule is CCCCOOCC(=O)CC(C)C. The van der Waals surface area contributed by atoms with Crippen LogP contribution in [0.1, 0.15) is 40.0 Å². The third kappa shape index (κ3) is 9.50. The molecule has 0 bridgehead atoms. The first-order valence-electron chi connectivity index (χ1n) is 4.93. The molecule has 3 heteroatoms. The quantitative estimate of drug-likeness (QED) is 0.333. The predicted octanol–water partition coefficient (Wildman–Crippen LogP) is 2.35. The van der Waals surface area contributed by atoms with Gasteiger partial charge in [-0.25, -0.2) is 9.78 Å². The Labute approximate surface area is 80.3 Å². The number of carbonyl (C=O) groups excluding carboxylic acids is 1. The second-order valence-electron chi connectivity index (χ2n) is 3.57. The lowest BCUT2D eigenvalue weighted by atomic mass is 10.1. The molecule has 0 fully saturated rings. The van der Waals surface area contributed by atoms with Crippen LogP contribution in [0, 0.1) is 5.92 Å². The van der Waals surface area contributed by atoms with E-state index in [1.165, 1.54) is 0 Å². The van der Waals surface area contributed by atoms with Gasteiger partial charge in [0.1, 0.15) is 6.61 Å². The maximum Gasteiger partial charge on any atom is 0.162 e. The van der Waals surface area contributed by atoms with Crippen LogP contribution in [-0.4, -0.2) is 19.0 Å². The molecule has 13 heavy (non-hydrogen) atoms. The maximum absolute atomic E-state index is 11.1. The lowest BCUT2D eigenvalue weighted by Gasteiger charge is -2.04. The van der Waals surface area contributed by atoms with Crippen LogP contribution in [0.25, 0.3) is 0 Å². The second kappa shape index (κ2) is 8.20. The number of hydrogen-bond acceptors (Lipinski definition) is 3. The van der Waals surface area contributed by atoms with E-state index in [1.807, 2.05) is 13.8 Å². The van der Waals surface area contributed by atoms with Crippen LogP contribution in [0.5, 0.6) is 0 Å². The molecule has 0 amide bonds. The molecule has 0 saturated carbocycles. The lowest BCUT2D eigenvalue weighted by Crippen LogP contribution is -2.11. The molecule has 0 atom stereocenters. The van der Waals surface area contributed by atoms with E-state index in [2.05, 4.69) is 6.92 Å². The summed E-state index contributed by atoms with van der Waals surface area (Å²) in [5.74, 6) is 0.498. The van der Waals surface area contributed by atoms with E-state index in [0.29, 0.717) is 18.9 Å². The van der Waals surface area contributed by atoms with E-state index in [0.717, 1.165) is 12.8 Å². The number of ketones is 1. The predicted molar refractivity (Wildman–Crippen MR) is 51.3 cm³/mol. The van der Waals surface area contributed by atoms with Crippen LogP contribution in [0.2, 0.25) is 0 Å². The molecule has 0 radical (unpaired) electrons. The van der Waals surface area contributed by atoms with E-state index >= 15 is 0 Å². The Hall–Kier alpha value is -0.410. The van der Waals surface area contributed by atoms with Crippen molar-refractivity contribution in [1.29, 1.82) is 0 Å². The van der Waals surface area contributed by atoms with Crippen molar-refractivity contribution >= 4 is 5.78 Å². The van der Waals surface area contributed by atoms with E-state index in [1.54, 1.807) is 0 Å². The van der Waals surface area contributed by atoms with Crippen LogP contribution >= 0.6 is 0 Å². The summed E-state index contributed by atoms with van der Waals surface area (Å²) in [7, 11) is 0. The Balaban J connectivity index is 3.17. The van der Waals surface area contributed by atoms with Crippen molar-refractivity contribution in [1.82, 2.24) is 0 Å². The monoisotopic (exact) mass is 188 g/mol. The van der Waals surface area contributed by atoms with Crippen molar-refractivity contribution in [3.63, 3.8) is 0 Å². The highest BCUT2D eigenvalue weighted by Gasteiger charge is 2.05. The topological polar surface area (TPSA) is 35.5 Å². The Bertz CT molecular complexity index is 132. The van der Waals surface area contributed by atoms with E-state index < -0.39 is 0 Å². The minimum absolute atomic E-state index is 0.0852. The molecule has 0 aromatic rings. The summed E-state index contributed by atoms with van der Waals surface area (Å²) in [5, 5.41) is 0. The van der Waals surface area contributed by atoms with Gasteiger partial charge in [0.25, 0.3) is 0 Å². The van der Waals surface area contributed by atoms with Crippen molar-refractivity contribution in [2.45, 2.75) is 40.0 Å². The third-order valence-corrected chi connectivity index (χ3v) is 1.52. The largest absolute Gasteiger partial charge is 0.297 e. The molecule has 3 nitrogen and oxygen atoms in total. The average Bonchev–Trinajstić information content (AvgIpc) is 2.02. The fourth-order valence-corrected chi connectivity index (χ4v) is 0.884. The minimum atomic E-state index is 0.0852. The Kier molecular flexibility index (Phi) is 7.94. The third-order valence-electron chi connectivity index (χ3n) is 1.52. The normalized spacial score (nSPS) is 10.8. The lowest BCUT2D eigenvalue weighted by molar-refractivity contribution is -0.289. The molecule has 0 heterocycles. The highest BCUT2D eigenvalue weighted by atomic mass is 17.2. The molecule has 0 spiro atoms. The van der Waals surface area contributed by atoms with E-state index in [-0.39, 0.29) is 12.4 Å². The fraction of sp³-hybridized carbons (Fsp3) is 0.900. The van der Waals surface area contributed by atoms with Gasteiger partial charge in [-0.05, 0) is 12.3 Å². The van der Waals surface area contributed by atoms with Gasteiger partial charge in [0.05, 0.1) is 6.61 Å². The molecule has 78 valence electrons. The number of Topliss-reactive ketones (excluding diaryl/α,β-unsaturated/α-hetero) is 1. The van der Waals surface area contributed by atoms with Crippen LogP contribution in [0.3, 0.4) is 0 Å². The summed E-state index contributed by atoms with van der Waals surface area (Å²) in [5.41, 5.74) is 0. The average molecular weight is 188 g/mol. The number of rotatable bonds is 8. The number of unbranched alkanes of at least 4 members (excludes halogenated alkanes) is 1. The summed E-state index contributed by atoms with van der Waals surface area (Å²) in [6, 6.07) is 0. The zero-order chi connectivity index (χ0) is 10.1. The summed E-state index contributed by atoms with van der Waals surface area (Å²) in [4.78, 5) is 20.6. The van der Waals surface area contributed by atoms with E-state index in [4.69, 9.17) is 9.78 Å². The summed E-state index contributed by atoms with van der Waals surface area (Å²) >= 11 is 0. The van der Waals surface area contributed by atoms with Gasteiger partial charge in [-0.1, -0.05) is 27.2 Å². The van der Waals surface area contributed by atoms with Gasteiger partial charge in [0.2, 0.25) is 0 Å². The summed E-state index contributed by atoms with van der Waals surface area (Å²) in [6.45, 7) is 6.76. The van der Waals surface area contributed by atoms with Crippen molar-refractivity contribution in [3.8, 4) is 0 Å². The van der Waals surface area contributed by atoms with Gasteiger partial charge in [0.15, 0.2) is 5.78 Å². The molecular weight excluding hydrogens is 168 g/mol. The fourth-order valence-electron chi connectivity index (χ4n) is 0.884. The first-order chi connectivity index (χ1) is 6.16. The van der Waals surface area contributed by atoms with Gasteiger partial charge in [-0.15, -0.1) is 0 Å². The molecule has 0 aliphatic carbocycles. The molecule has 0 N–H and O–H groups in total. The highest BCUT2D eigenvalue weighted by Crippen LogP contribution is 2.00. The second-order valence-corrected chi connectivity index (χ2v) is 3.57. The Morgan fingerprint density at radius 2 is 2.00 bits per heavy atom. The van der Waals surface area contributed by atoms with Crippen LogP contribution in [0.4, 0.5) is 0 Å². The van der Waals surface area contributed by atoms with Gasteiger partial charge in [-0.2, -0.15) is 0 Å². The standard InChI is InChI=1S/C10H20O3/c1-4-5-6-12-13-8-10(11)7-9(2)3/h9H,4-8H2,1-3H3. The zero-order valence-corrected chi connectivity index (χ0v) is 8.84. The molecule has 0 aromatic carbocycles. The van der Waals surface area contributed by atoms with Crippen LogP contribution < -0.4 is 0 Å². The molecule has 0 aliphatic rings. The Morgan fingerprint density at radius 3 is 2.54 bits per heavy atom. The van der Waals surface area contributed by atoms with Gasteiger partial charge >= 0.3 is 0 Å². The Morgan fingerprint density at radius 1 is 1.31 bits per heavy atom. The summed E-state index contributed by atoms with van der Waals surface area (Å²) < 4.78 is 0. The molecule has 0 unspecified atom stereocenters. The molecule has 0 rings (SSSR count). The van der Waals surface area contributed by atoms with E-state index in [9.17, 15) is 4.79 Å². The highest BCUT2D eigenvalue weighted by molar-refractivity contribution is 5.79.